The number of aromatic nitrogens is 2. The molecule has 0 radical (unpaired) electrons. The van der Waals surface area contributed by atoms with E-state index in [1.165, 1.54) is 23.1 Å². The van der Waals surface area contributed by atoms with Gasteiger partial charge in [0.25, 0.3) is 0 Å². The summed E-state index contributed by atoms with van der Waals surface area (Å²) in [6.45, 7) is 13.0. The molecule has 0 bridgehead atoms. The number of ether oxygens (including phenoxy) is 3. The second kappa shape index (κ2) is 21.2. The van der Waals surface area contributed by atoms with Crippen molar-refractivity contribution >= 4 is 58.5 Å². The van der Waals surface area contributed by atoms with E-state index in [0.29, 0.717) is 45.6 Å². The summed E-state index contributed by atoms with van der Waals surface area (Å²) in [6.07, 6.45) is 1.67. The molecule has 0 unspecified atom stereocenters. The second-order valence-electron chi connectivity index (χ2n) is 14.3. The number of alkyl carbamates (subject to hydrolysis) is 1. The number of hydrogen-bond acceptors (Lipinski definition) is 13. The maximum Gasteiger partial charge on any atom is 0.408 e. The second-order valence-corrected chi connectivity index (χ2v) is 16.5. The third-order valence-electron chi connectivity index (χ3n) is 8.20. The Kier molecular flexibility index (Phi) is 16.5. The number of halogens is 1. The molecule has 4 rings (SSSR count). The zero-order valence-corrected chi connectivity index (χ0v) is 35.6. The number of amides is 2. The SMILES string of the molecule is C=CN(C)CCCC(=O)Nc1nc(SCc2csc(-c3ccc(Cl)cc3)n2)c(C#N)c(-c2ccc(OCCOC(=O)[C@@H](NC(=O)OC(C)(C)C)C(C)C)cc2)c1C#N. The van der Waals surface area contributed by atoms with Crippen molar-refractivity contribution < 1.29 is 28.6 Å². The normalized spacial score (nSPS) is 11.5. The van der Waals surface area contributed by atoms with Gasteiger partial charge in [0.05, 0.1) is 11.3 Å². The van der Waals surface area contributed by atoms with E-state index < -0.39 is 23.7 Å². The number of carbonyl (C=O) groups is 3. The monoisotopic (exact) mass is 843 g/mol. The van der Waals surface area contributed by atoms with Crippen LogP contribution in [0.4, 0.5) is 10.6 Å². The van der Waals surface area contributed by atoms with Crippen molar-refractivity contribution in [1.29, 1.82) is 10.5 Å². The van der Waals surface area contributed by atoms with E-state index in [4.69, 9.17) is 30.8 Å². The average Bonchev–Trinajstić information content (AvgIpc) is 3.66. The number of esters is 1. The minimum absolute atomic E-state index is 0.0143. The first-order valence-corrected chi connectivity index (χ1v) is 20.6. The molecule has 4 aromatic rings. The lowest BCUT2D eigenvalue weighted by Gasteiger charge is -2.24. The van der Waals surface area contributed by atoms with Gasteiger partial charge in [0.2, 0.25) is 5.91 Å². The standard InChI is InChI=1S/C42H46ClN7O6S2/c1-8-50(7)19-9-10-34(51)47-37-32(22-44)35(33(23-45)39(49-37)58-25-30-24-57-38(46-30)28-11-15-29(43)16-12-28)27-13-17-31(18-14-27)54-20-21-55-40(52)36(26(2)3)48-41(53)56-42(4,5)6/h8,11-18,24,26,36H,1,9-10,19-21,25H2,2-7H3,(H,48,53)(H,47,49,51)/t36-/m0/s1. The number of nitrogens with zero attached hydrogens (tertiary/aromatic N) is 5. The molecule has 0 saturated heterocycles. The molecule has 2 aromatic heterocycles. The first-order chi connectivity index (χ1) is 27.6. The predicted molar refractivity (Wildman–Crippen MR) is 226 cm³/mol. The topological polar surface area (TPSA) is 180 Å². The summed E-state index contributed by atoms with van der Waals surface area (Å²) in [5.41, 5.74) is 1.99. The first kappa shape index (κ1) is 45.1. The number of thiazole rings is 1. The predicted octanol–water partition coefficient (Wildman–Crippen LogP) is 8.83. The van der Waals surface area contributed by atoms with Gasteiger partial charge in [-0.2, -0.15) is 10.5 Å². The largest absolute Gasteiger partial charge is 0.490 e. The number of nitrogens with one attached hydrogen (secondary N) is 2. The van der Waals surface area contributed by atoms with E-state index in [1.54, 1.807) is 77.2 Å². The van der Waals surface area contributed by atoms with Crippen LogP contribution in [0.25, 0.3) is 21.7 Å². The molecule has 58 heavy (non-hydrogen) atoms. The number of nitriles is 2. The Bertz CT molecular complexity index is 2160. The number of anilines is 1. The first-order valence-electron chi connectivity index (χ1n) is 18.4. The van der Waals surface area contributed by atoms with Crippen LogP contribution in [-0.4, -0.2) is 71.3 Å². The van der Waals surface area contributed by atoms with Crippen molar-refractivity contribution in [1.82, 2.24) is 20.2 Å². The lowest BCUT2D eigenvalue weighted by molar-refractivity contribution is -0.148. The molecule has 0 aliphatic carbocycles. The molecule has 304 valence electrons. The number of carbonyl (C=O) groups excluding carboxylic acids is 3. The fourth-order valence-electron chi connectivity index (χ4n) is 5.32. The van der Waals surface area contributed by atoms with Crippen LogP contribution in [0.5, 0.6) is 5.75 Å². The number of rotatable bonds is 18. The fraction of sp³-hybridized carbons (Fsp3) is 0.357. The molecule has 0 aliphatic rings. The molecule has 2 heterocycles. The Balaban J connectivity index is 1.54. The summed E-state index contributed by atoms with van der Waals surface area (Å²) in [5, 5.41) is 30.0. The maximum atomic E-state index is 13.1. The van der Waals surface area contributed by atoms with E-state index in [0.717, 1.165) is 16.3 Å². The van der Waals surface area contributed by atoms with Gasteiger partial charge in [-0.25, -0.2) is 19.6 Å². The minimum Gasteiger partial charge on any atom is -0.490 e. The number of thioether (sulfide) groups is 1. The molecule has 16 heteroatoms. The van der Waals surface area contributed by atoms with E-state index in [-0.39, 0.29) is 48.4 Å². The number of benzene rings is 2. The van der Waals surface area contributed by atoms with Crippen LogP contribution in [0.1, 0.15) is 64.3 Å². The smallest absolute Gasteiger partial charge is 0.408 e. The Morgan fingerprint density at radius 2 is 1.69 bits per heavy atom. The highest BCUT2D eigenvalue weighted by atomic mass is 35.5. The number of hydrogen-bond donors (Lipinski definition) is 2. The molecule has 0 fully saturated rings. The average molecular weight is 844 g/mol. The van der Waals surface area contributed by atoms with Gasteiger partial charge in [-0.1, -0.05) is 68.1 Å². The Labute approximate surface area is 352 Å². The molecule has 0 aliphatic heterocycles. The van der Waals surface area contributed by atoms with Crippen LogP contribution in [0.2, 0.25) is 5.02 Å². The maximum absolute atomic E-state index is 13.1. The lowest BCUT2D eigenvalue weighted by atomic mass is 9.96. The zero-order chi connectivity index (χ0) is 42.4. The lowest BCUT2D eigenvalue weighted by Crippen LogP contribution is -2.47. The third-order valence-corrected chi connectivity index (χ3v) is 10.4. The number of pyridine rings is 1. The van der Waals surface area contributed by atoms with Crippen molar-refractivity contribution in [3.05, 3.63) is 88.5 Å². The highest BCUT2D eigenvalue weighted by Crippen LogP contribution is 2.38. The van der Waals surface area contributed by atoms with E-state index in [9.17, 15) is 24.9 Å². The summed E-state index contributed by atoms with van der Waals surface area (Å²) >= 11 is 8.81. The molecule has 0 spiro atoms. The summed E-state index contributed by atoms with van der Waals surface area (Å²) in [4.78, 5) is 49.4. The molecule has 13 nitrogen and oxygen atoms in total. The van der Waals surface area contributed by atoms with Gasteiger partial charge < -0.3 is 29.7 Å². The van der Waals surface area contributed by atoms with Gasteiger partial charge in [-0.3, -0.25) is 4.79 Å². The summed E-state index contributed by atoms with van der Waals surface area (Å²) in [7, 11) is 1.86. The van der Waals surface area contributed by atoms with Crippen molar-refractivity contribution in [2.75, 3.05) is 32.1 Å². The highest BCUT2D eigenvalue weighted by Gasteiger charge is 2.28. The molecule has 2 N–H and O–H groups in total. The summed E-state index contributed by atoms with van der Waals surface area (Å²) in [6, 6.07) is 17.6. The van der Waals surface area contributed by atoms with E-state index in [2.05, 4.69) is 34.3 Å². The summed E-state index contributed by atoms with van der Waals surface area (Å²) < 4.78 is 16.5. The van der Waals surface area contributed by atoms with Crippen LogP contribution in [0.3, 0.4) is 0 Å². The van der Waals surface area contributed by atoms with E-state index >= 15 is 0 Å². The van der Waals surface area contributed by atoms with Gasteiger partial charge in [0.1, 0.15) is 58.3 Å². The molecule has 2 amide bonds. The van der Waals surface area contributed by atoms with Crippen LogP contribution in [-0.2, 0) is 24.8 Å². The summed E-state index contributed by atoms with van der Waals surface area (Å²) in [5.74, 6) is -0.358. The van der Waals surface area contributed by atoms with Crippen molar-refractivity contribution in [3.8, 4) is 39.6 Å². The Morgan fingerprint density at radius 1 is 1.02 bits per heavy atom. The highest BCUT2D eigenvalue weighted by molar-refractivity contribution is 7.98. The van der Waals surface area contributed by atoms with Gasteiger partial charge in [-0.05, 0) is 69.1 Å². The van der Waals surface area contributed by atoms with Crippen LogP contribution < -0.4 is 15.4 Å². The van der Waals surface area contributed by atoms with Crippen molar-refractivity contribution in [2.24, 2.45) is 5.92 Å². The third kappa shape index (κ3) is 13.2. The molecule has 1 atom stereocenters. The zero-order valence-electron chi connectivity index (χ0n) is 33.3. The quantitative estimate of drug-likeness (QED) is 0.0553. The minimum atomic E-state index is -0.914. The van der Waals surface area contributed by atoms with Crippen LogP contribution in [0, 0.1) is 28.6 Å². The Hall–Kier alpha value is -5.61. The molecular formula is C42H46ClN7O6S2. The van der Waals surface area contributed by atoms with Crippen molar-refractivity contribution in [3.63, 3.8) is 0 Å². The van der Waals surface area contributed by atoms with Gasteiger partial charge >= 0.3 is 12.1 Å². The Morgan fingerprint density at radius 3 is 2.31 bits per heavy atom. The van der Waals surface area contributed by atoms with Gasteiger partial charge in [0, 0.05) is 47.3 Å². The molecule has 0 saturated carbocycles. The van der Waals surface area contributed by atoms with Crippen LogP contribution in [0.15, 0.2) is 71.7 Å². The van der Waals surface area contributed by atoms with E-state index in [1.807, 2.05) is 29.5 Å². The molecular weight excluding hydrogens is 798 g/mol. The molecule has 2 aromatic carbocycles. The van der Waals surface area contributed by atoms with Crippen LogP contribution >= 0.6 is 34.7 Å². The van der Waals surface area contributed by atoms with Gasteiger partial charge in [-0.15, -0.1) is 11.3 Å². The van der Waals surface area contributed by atoms with Crippen molar-refractivity contribution in [2.45, 2.75) is 69.9 Å². The van der Waals surface area contributed by atoms with Gasteiger partial charge in [0.15, 0.2) is 5.82 Å². The fourth-order valence-corrected chi connectivity index (χ4v) is 7.25.